The van der Waals surface area contributed by atoms with Crippen molar-refractivity contribution in [1.29, 1.82) is 0 Å². The van der Waals surface area contributed by atoms with Crippen molar-refractivity contribution in [3.05, 3.63) is 29.6 Å². The van der Waals surface area contributed by atoms with Gasteiger partial charge in [-0.2, -0.15) is 13.2 Å². The van der Waals surface area contributed by atoms with E-state index in [4.69, 9.17) is 0 Å². The van der Waals surface area contributed by atoms with Crippen molar-refractivity contribution in [3.8, 4) is 0 Å². The van der Waals surface area contributed by atoms with Crippen molar-refractivity contribution in [2.45, 2.75) is 32.0 Å². The fourth-order valence-corrected chi connectivity index (χ4v) is 2.82. The van der Waals surface area contributed by atoms with E-state index in [1.807, 2.05) is 11.8 Å². The highest BCUT2D eigenvalue weighted by Gasteiger charge is 2.41. The molecule has 0 radical (unpaired) electrons. The lowest BCUT2D eigenvalue weighted by molar-refractivity contribution is -0.179. The van der Waals surface area contributed by atoms with E-state index in [2.05, 4.69) is 5.32 Å². The maximum atomic E-state index is 14.1. The molecule has 0 amide bonds. The molecular formula is C15H20F4N2. The van der Waals surface area contributed by atoms with E-state index in [1.54, 1.807) is 19.2 Å². The minimum atomic E-state index is -4.13. The standard InChI is InChI=1S/C15H20F4N2/c1-10(20-2)14-12(16)4-3-5-13(14)21-8-6-11(7-9-21)15(17,18)19/h3-5,10-11,20H,6-9H2,1-2H3. The van der Waals surface area contributed by atoms with Gasteiger partial charge in [0.25, 0.3) is 0 Å². The molecule has 21 heavy (non-hydrogen) atoms. The lowest BCUT2D eigenvalue weighted by Crippen LogP contribution is -2.39. The Bertz CT molecular complexity index is 479. The Morgan fingerprint density at radius 2 is 1.86 bits per heavy atom. The maximum Gasteiger partial charge on any atom is 0.391 e. The Hall–Kier alpha value is -1.30. The third-order valence-electron chi connectivity index (χ3n) is 4.19. The van der Waals surface area contributed by atoms with Crippen LogP contribution in [0.2, 0.25) is 0 Å². The summed E-state index contributed by atoms with van der Waals surface area (Å²) in [4.78, 5) is 1.86. The zero-order chi connectivity index (χ0) is 15.6. The van der Waals surface area contributed by atoms with Crippen molar-refractivity contribution >= 4 is 5.69 Å². The van der Waals surface area contributed by atoms with E-state index in [0.717, 1.165) is 0 Å². The number of halogens is 4. The van der Waals surface area contributed by atoms with Crippen molar-refractivity contribution in [3.63, 3.8) is 0 Å². The third kappa shape index (κ3) is 3.48. The predicted molar refractivity (Wildman–Crippen MR) is 74.9 cm³/mol. The van der Waals surface area contributed by atoms with Gasteiger partial charge in [-0.05, 0) is 38.9 Å². The van der Waals surface area contributed by atoms with Crippen LogP contribution in [-0.2, 0) is 0 Å². The molecule has 1 heterocycles. The quantitative estimate of drug-likeness (QED) is 0.852. The van der Waals surface area contributed by atoms with Gasteiger partial charge in [0.15, 0.2) is 0 Å². The largest absolute Gasteiger partial charge is 0.391 e. The average Bonchev–Trinajstić information content (AvgIpc) is 2.45. The van der Waals surface area contributed by atoms with Crippen LogP contribution in [-0.4, -0.2) is 26.3 Å². The molecule has 2 nitrogen and oxygen atoms in total. The number of hydrogen-bond donors (Lipinski definition) is 1. The smallest absolute Gasteiger partial charge is 0.371 e. The lowest BCUT2D eigenvalue weighted by Gasteiger charge is -2.36. The molecule has 2 rings (SSSR count). The Morgan fingerprint density at radius 3 is 2.38 bits per heavy atom. The van der Waals surface area contributed by atoms with E-state index < -0.39 is 12.1 Å². The van der Waals surface area contributed by atoms with Crippen LogP contribution in [0.25, 0.3) is 0 Å². The van der Waals surface area contributed by atoms with Gasteiger partial charge in [0.2, 0.25) is 0 Å². The Kier molecular flexibility index (Phi) is 4.76. The number of alkyl halides is 3. The summed E-state index contributed by atoms with van der Waals surface area (Å²) in [7, 11) is 1.73. The van der Waals surface area contributed by atoms with E-state index in [9.17, 15) is 17.6 Å². The fourth-order valence-electron chi connectivity index (χ4n) is 2.82. The predicted octanol–water partition coefficient (Wildman–Crippen LogP) is 3.88. The van der Waals surface area contributed by atoms with Gasteiger partial charge in [-0.1, -0.05) is 6.07 Å². The minimum absolute atomic E-state index is 0.0629. The topological polar surface area (TPSA) is 15.3 Å². The Morgan fingerprint density at radius 1 is 1.24 bits per heavy atom. The van der Waals surface area contributed by atoms with Crippen molar-refractivity contribution in [1.82, 2.24) is 5.32 Å². The molecular weight excluding hydrogens is 284 g/mol. The summed E-state index contributed by atoms with van der Waals surface area (Å²) >= 11 is 0. The number of rotatable bonds is 3. The summed E-state index contributed by atoms with van der Waals surface area (Å²) in [6.07, 6.45) is -4.00. The first-order valence-corrected chi connectivity index (χ1v) is 7.12. The molecule has 1 aromatic carbocycles. The van der Waals surface area contributed by atoms with Crippen LogP contribution in [0, 0.1) is 11.7 Å². The van der Waals surface area contributed by atoms with Gasteiger partial charge in [-0.3, -0.25) is 0 Å². The van der Waals surface area contributed by atoms with Crippen LogP contribution < -0.4 is 10.2 Å². The summed E-state index contributed by atoms with van der Waals surface area (Å²) < 4.78 is 52.2. The van der Waals surface area contributed by atoms with Gasteiger partial charge in [0.05, 0.1) is 5.92 Å². The number of anilines is 1. The zero-order valence-corrected chi connectivity index (χ0v) is 12.2. The summed E-state index contributed by atoms with van der Waals surface area (Å²) in [6.45, 7) is 2.44. The molecule has 1 fully saturated rings. The molecule has 0 aliphatic carbocycles. The number of piperidine rings is 1. The molecule has 1 aromatic rings. The van der Waals surface area contributed by atoms with Crippen molar-refractivity contribution < 1.29 is 17.6 Å². The van der Waals surface area contributed by atoms with E-state index in [-0.39, 0.29) is 24.7 Å². The molecule has 1 atom stereocenters. The van der Waals surface area contributed by atoms with E-state index >= 15 is 0 Å². The molecule has 0 aromatic heterocycles. The molecule has 1 saturated heterocycles. The van der Waals surface area contributed by atoms with Crippen LogP contribution in [0.4, 0.5) is 23.2 Å². The second kappa shape index (κ2) is 6.22. The lowest BCUT2D eigenvalue weighted by atomic mass is 9.94. The first-order valence-electron chi connectivity index (χ1n) is 7.12. The van der Waals surface area contributed by atoms with Crippen LogP contribution in [0.5, 0.6) is 0 Å². The first-order chi connectivity index (χ1) is 9.84. The van der Waals surface area contributed by atoms with Crippen LogP contribution in [0.3, 0.4) is 0 Å². The molecule has 1 aliphatic rings. The Balaban J connectivity index is 2.19. The number of benzene rings is 1. The van der Waals surface area contributed by atoms with Gasteiger partial charge in [0, 0.05) is 30.4 Å². The summed E-state index contributed by atoms with van der Waals surface area (Å²) in [5.41, 5.74) is 1.21. The number of nitrogens with one attached hydrogen (secondary N) is 1. The third-order valence-corrected chi connectivity index (χ3v) is 4.19. The minimum Gasteiger partial charge on any atom is -0.371 e. The highest BCUT2D eigenvalue weighted by atomic mass is 19.4. The monoisotopic (exact) mass is 304 g/mol. The normalized spacial score (nSPS) is 18.9. The molecule has 0 saturated carbocycles. The maximum absolute atomic E-state index is 14.1. The molecule has 1 unspecified atom stereocenters. The Labute approximate surface area is 122 Å². The van der Waals surface area contributed by atoms with Crippen LogP contribution >= 0.6 is 0 Å². The molecule has 6 heteroatoms. The molecule has 0 spiro atoms. The SMILES string of the molecule is CNC(C)c1c(F)cccc1N1CCC(C(F)(F)F)CC1. The summed E-state index contributed by atoms with van der Waals surface area (Å²) in [5.74, 6) is -1.57. The zero-order valence-electron chi connectivity index (χ0n) is 12.2. The van der Waals surface area contributed by atoms with E-state index in [1.165, 1.54) is 6.07 Å². The molecule has 1 N–H and O–H groups in total. The average molecular weight is 304 g/mol. The summed E-state index contributed by atoms with van der Waals surface area (Å²) in [6, 6.07) is 4.57. The molecule has 118 valence electrons. The van der Waals surface area contributed by atoms with Gasteiger partial charge < -0.3 is 10.2 Å². The summed E-state index contributed by atoms with van der Waals surface area (Å²) in [5, 5.41) is 2.99. The number of nitrogens with zero attached hydrogens (tertiary/aromatic N) is 1. The second-order valence-corrected chi connectivity index (χ2v) is 5.49. The van der Waals surface area contributed by atoms with Crippen LogP contribution in [0.15, 0.2) is 18.2 Å². The fraction of sp³-hybridized carbons (Fsp3) is 0.600. The van der Waals surface area contributed by atoms with E-state index in [0.29, 0.717) is 24.3 Å². The second-order valence-electron chi connectivity index (χ2n) is 5.49. The van der Waals surface area contributed by atoms with Crippen molar-refractivity contribution in [2.24, 2.45) is 5.92 Å². The highest BCUT2D eigenvalue weighted by Crippen LogP contribution is 2.37. The van der Waals surface area contributed by atoms with Gasteiger partial charge >= 0.3 is 6.18 Å². The molecule has 1 aliphatic heterocycles. The van der Waals surface area contributed by atoms with Gasteiger partial charge in [0.1, 0.15) is 5.82 Å². The highest BCUT2D eigenvalue weighted by molar-refractivity contribution is 5.55. The van der Waals surface area contributed by atoms with Gasteiger partial charge in [-0.15, -0.1) is 0 Å². The van der Waals surface area contributed by atoms with Gasteiger partial charge in [-0.25, -0.2) is 4.39 Å². The number of hydrogen-bond acceptors (Lipinski definition) is 2. The molecule has 0 bridgehead atoms. The van der Waals surface area contributed by atoms with Crippen molar-refractivity contribution in [2.75, 3.05) is 25.0 Å². The van der Waals surface area contributed by atoms with Crippen LogP contribution in [0.1, 0.15) is 31.4 Å². The first kappa shape index (κ1) is 16.1.